The molecular formula is C20H22ClN5O4. The third-order valence-corrected chi connectivity index (χ3v) is 5.04. The highest BCUT2D eigenvalue weighted by Gasteiger charge is 2.19. The summed E-state index contributed by atoms with van der Waals surface area (Å²) < 4.78 is 0. The molecule has 1 amide bonds. The molecule has 0 saturated carbocycles. The maximum Gasteiger partial charge on any atom is 0.312 e. The lowest BCUT2D eigenvalue weighted by molar-refractivity contribution is -0.385. The average molecular weight is 432 g/mol. The van der Waals surface area contributed by atoms with Gasteiger partial charge in [0.05, 0.1) is 11.1 Å². The van der Waals surface area contributed by atoms with Gasteiger partial charge >= 0.3 is 5.69 Å². The van der Waals surface area contributed by atoms with Gasteiger partial charge in [-0.15, -0.1) is 0 Å². The number of nitrogens with zero attached hydrogens (tertiary/aromatic N) is 4. The van der Waals surface area contributed by atoms with Crippen LogP contribution in [0.1, 0.15) is 12.0 Å². The standard InChI is InChI=1S/C20H22ClN5O4/c21-16-12-15(20(28)18(13-16)26(29)30)14-22-23-19(27)6-7-24-8-10-25(11-9-24)17-4-2-1-3-5-17/h1-5,12-14,28H,6-11H2,(H,23,27)/b22-14+. The van der Waals surface area contributed by atoms with Crippen molar-refractivity contribution in [2.24, 2.45) is 5.10 Å². The summed E-state index contributed by atoms with van der Waals surface area (Å²) in [7, 11) is 0. The molecule has 2 N–H and O–H groups in total. The number of rotatable bonds is 7. The highest BCUT2D eigenvalue weighted by Crippen LogP contribution is 2.32. The van der Waals surface area contributed by atoms with Gasteiger partial charge in [0.2, 0.25) is 11.7 Å². The second kappa shape index (κ2) is 10.0. The number of hydrogen-bond acceptors (Lipinski definition) is 7. The van der Waals surface area contributed by atoms with Crippen molar-refractivity contribution in [2.75, 3.05) is 37.6 Å². The van der Waals surface area contributed by atoms with Gasteiger partial charge in [-0.25, -0.2) is 5.43 Å². The maximum absolute atomic E-state index is 12.0. The Hall–Kier alpha value is -3.17. The number of para-hydroxylation sites is 1. The van der Waals surface area contributed by atoms with Crippen molar-refractivity contribution in [3.8, 4) is 5.75 Å². The molecule has 1 aliphatic heterocycles. The van der Waals surface area contributed by atoms with E-state index in [1.165, 1.54) is 11.8 Å². The minimum absolute atomic E-state index is 0.0477. The molecule has 0 spiro atoms. The highest BCUT2D eigenvalue weighted by atomic mass is 35.5. The van der Waals surface area contributed by atoms with Crippen LogP contribution in [-0.2, 0) is 4.79 Å². The van der Waals surface area contributed by atoms with Gasteiger partial charge in [0.15, 0.2) is 0 Å². The zero-order chi connectivity index (χ0) is 21.5. The monoisotopic (exact) mass is 431 g/mol. The number of hydrazone groups is 1. The van der Waals surface area contributed by atoms with Crippen molar-refractivity contribution in [3.63, 3.8) is 0 Å². The molecule has 1 saturated heterocycles. The van der Waals surface area contributed by atoms with Crippen LogP contribution in [0.3, 0.4) is 0 Å². The zero-order valence-electron chi connectivity index (χ0n) is 16.2. The Morgan fingerprint density at radius 2 is 1.93 bits per heavy atom. The Labute approximate surface area is 178 Å². The molecule has 2 aromatic rings. The molecule has 3 rings (SSSR count). The normalized spacial score (nSPS) is 14.8. The molecule has 30 heavy (non-hydrogen) atoms. The zero-order valence-corrected chi connectivity index (χ0v) is 17.0. The number of piperazine rings is 1. The van der Waals surface area contributed by atoms with Crippen molar-refractivity contribution in [2.45, 2.75) is 6.42 Å². The predicted octanol–water partition coefficient (Wildman–Crippen LogP) is 2.62. The van der Waals surface area contributed by atoms with Gasteiger partial charge in [0.1, 0.15) is 0 Å². The quantitative estimate of drug-likeness (QED) is 0.396. The first kappa shape index (κ1) is 21.5. The van der Waals surface area contributed by atoms with E-state index in [1.807, 2.05) is 18.2 Å². The number of phenols is 1. The fourth-order valence-corrected chi connectivity index (χ4v) is 3.42. The molecule has 0 atom stereocenters. The number of benzene rings is 2. The topological polar surface area (TPSA) is 111 Å². The molecule has 0 unspecified atom stereocenters. The third kappa shape index (κ3) is 5.68. The van der Waals surface area contributed by atoms with Crippen LogP contribution in [0, 0.1) is 10.1 Å². The van der Waals surface area contributed by atoms with Gasteiger partial charge in [-0.05, 0) is 18.2 Å². The minimum Gasteiger partial charge on any atom is -0.502 e. The first-order valence-electron chi connectivity index (χ1n) is 9.45. The second-order valence-corrected chi connectivity index (χ2v) is 7.26. The lowest BCUT2D eigenvalue weighted by atomic mass is 10.2. The Morgan fingerprint density at radius 3 is 2.60 bits per heavy atom. The summed E-state index contributed by atoms with van der Waals surface area (Å²) in [5.41, 5.74) is 3.10. The number of amides is 1. The number of nitrogens with one attached hydrogen (secondary N) is 1. The molecular weight excluding hydrogens is 410 g/mol. The van der Waals surface area contributed by atoms with Crippen LogP contribution in [0.15, 0.2) is 47.6 Å². The SMILES string of the molecule is O=C(CCN1CCN(c2ccccc2)CC1)N/N=C/c1cc(Cl)cc([N+](=O)[O-])c1O. The predicted molar refractivity (Wildman–Crippen MR) is 115 cm³/mol. The highest BCUT2D eigenvalue weighted by molar-refractivity contribution is 6.31. The number of phenolic OH excluding ortho intramolecular Hbond substituents is 1. The Balaban J connectivity index is 1.44. The van der Waals surface area contributed by atoms with E-state index >= 15 is 0 Å². The number of halogens is 1. The molecule has 10 heteroatoms. The lowest BCUT2D eigenvalue weighted by Crippen LogP contribution is -2.47. The lowest BCUT2D eigenvalue weighted by Gasteiger charge is -2.36. The number of nitro groups is 1. The van der Waals surface area contributed by atoms with E-state index in [-0.39, 0.29) is 22.9 Å². The van der Waals surface area contributed by atoms with Gasteiger partial charge < -0.3 is 10.0 Å². The van der Waals surface area contributed by atoms with Gasteiger partial charge in [-0.3, -0.25) is 19.8 Å². The van der Waals surface area contributed by atoms with E-state index < -0.39 is 16.4 Å². The number of carbonyl (C=O) groups is 1. The number of carbonyl (C=O) groups excluding carboxylic acids is 1. The molecule has 1 fully saturated rings. The Bertz CT molecular complexity index is 930. The van der Waals surface area contributed by atoms with Crippen molar-refractivity contribution in [1.29, 1.82) is 0 Å². The van der Waals surface area contributed by atoms with Gasteiger partial charge in [0.25, 0.3) is 0 Å². The molecule has 9 nitrogen and oxygen atoms in total. The van der Waals surface area contributed by atoms with Crippen LogP contribution in [0.4, 0.5) is 11.4 Å². The first-order valence-corrected chi connectivity index (χ1v) is 9.83. The number of hydrogen-bond donors (Lipinski definition) is 2. The largest absolute Gasteiger partial charge is 0.502 e. The van der Waals surface area contributed by atoms with Crippen molar-refractivity contribution >= 4 is 35.1 Å². The van der Waals surface area contributed by atoms with Gasteiger partial charge in [-0.2, -0.15) is 5.10 Å². The molecule has 0 radical (unpaired) electrons. The van der Waals surface area contributed by atoms with E-state index in [9.17, 15) is 20.0 Å². The molecule has 0 bridgehead atoms. The third-order valence-electron chi connectivity index (χ3n) is 4.82. The summed E-state index contributed by atoms with van der Waals surface area (Å²) >= 11 is 5.82. The van der Waals surface area contributed by atoms with Gasteiger partial charge in [-0.1, -0.05) is 29.8 Å². The van der Waals surface area contributed by atoms with Crippen LogP contribution in [0.5, 0.6) is 5.75 Å². The molecule has 1 heterocycles. The first-order chi connectivity index (χ1) is 14.4. The van der Waals surface area contributed by atoms with Crippen molar-refractivity contribution in [1.82, 2.24) is 10.3 Å². The maximum atomic E-state index is 12.0. The van der Waals surface area contributed by atoms with E-state index in [1.54, 1.807) is 0 Å². The van der Waals surface area contributed by atoms with Crippen LogP contribution in [-0.4, -0.2) is 59.8 Å². The van der Waals surface area contributed by atoms with E-state index in [4.69, 9.17) is 11.6 Å². The summed E-state index contributed by atoms with van der Waals surface area (Å²) in [4.78, 5) is 26.7. The summed E-state index contributed by atoms with van der Waals surface area (Å²) in [6, 6.07) is 12.6. The van der Waals surface area contributed by atoms with Gasteiger partial charge in [0, 0.05) is 61.5 Å². The van der Waals surface area contributed by atoms with E-state index in [2.05, 4.69) is 32.5 Å². The van der Waals surface area contributed by atoms with Crippen LogP contribution < -0.4 is 10.3 Å². The number of anilines is 1. The Kier molecular flexibility index (Phi) is 7.21. The van der Waals surface area contributed by atoms with Crippen molar-refractivity contribution < 1.29 is 14.8 Å². The Morgan fingerprint density at radius 1 is 1.23 bits per heavy atom. The molecule has 0 aromatic heterocycles. The summed E-state index contributed by atoms with van der Waals surface area (Å²) in [6.45, 7) is 4.14. The average Bonchev–Trinajstić information content (AvgIpc) is 2.75. The second-order valence-electron chi connectivity index (χ2n) is 6.83. The number of aromatic hydroxyl groups is 1. The summed E-state index contributed by atoms with van der Waals surface area (Å²) in [6.07, 6.45) is 1.40. The van der Waals surface area contributed by atoms with Crippen LogP contribution >= 0.6 is 11.6 Å². The van der Waals surface area contributed by atoms with Crippen LogP contribution in [0.25, 0.3) is 0 Å². The summed E-state index contributed by atoms with van der Waals surface area (Å²) in [5, 5.41) is 24.7. The summed E-state index contributed by atoms with van der Waals surface area (Å²) in [5.74, 6) is -0.841. The van der Waals surface area contributed by atoms with Crippen molar-refractivity contribution in [3.05, 3.63) is 63.2 Å². The molecule has 2 aromatic carbocycles. The molecule has 0 aliphatic carbocycles. The minimum atomic E-state index is -0.741. The fourth-order valence-electron chi connectivity index (χ4n) is 3.20. The van der Waals surface area contributed by atoms with Crippen LogP contribution in [0.2, 0.25) is 5.02 Å². The number of nitro benzene ring substituents is 1. The smallest absolute Gasteiger partial charge is 0.312 e. The van der Waals surface area contributed by atoms with E-state index in [0.717, 1.165) is 38.5 Å². The molecule has 1 aliphatic rings. The fraction of sp³-hybridized carbons (Fsp3) is 0.300. The molecule has 158 valence electrons. The van der Waals surface area contributed by atoms with E-state index in [0.29, 0.717) is 6.54 Å².